The molecule has 108 valence electrons. The predicted molar refractivity (Wildman–Crippen MR) is 76.9 cm³/mol. The van der Waals surface area contributed by atoms with Crippen molar-refractivity contribution in [3.63, 3.8) is 0 Å². The molecule has 0 saturated carbocycles. The van der Waals surface area contributed by atoms with E-state index in [1.54, 1.807) is 13.8 Å². The van der Waals surface area contributed by atoms with Crippen molar-refractivity contribution in [3.8, 4) is 0 Å². The van der Waals surface area contributed by atoms with Crippen molar-refractivity contribution in [2.75, 3.05) is 0 Å². The van der Waals surface area contributed by atoms with Gasteiger partial charge in [0, 0.05) is 23.7 Å². The van der Waals surface area contributed by atoms with Crippen LogP contribution in [0.15, 0.2) is 28.7 Å². The summed E-state index contributed by atoms with van der Waals surface area (Å²) in [4.78, 5) is 24.4. The van der Waals surface area contributed by atoms with Gasteiger partial charge in [0.25, 0.3) is 5.79 Å². The van der Waals surface area contributed by atoms with Crippen molar-refractivity contribution >= 4 is 27.9 Å². The second-order valence-electron chi connectivity index (χ2n) is 5.88. The van der Waals surface area contributed by atoms with Crippen LogP contribution in [0.4, 0.5) is 0 Å². The first-order valence-corrected chi connectivity index (χ1v) is 7.15. The zero-order chi connectivity index (χ0) is 15.1. The molecule has 0 atom stereocenters. The second kappa shape index (κ2) is 4.88. The third kappa shape index (κ3) is 2.59. The molecule has 1 saturated heterocycles. The van der Waals surface area contributed by atoms with Gasteiger partial charge in [-0.05, 0) is 11.6 Å². The third-order valence-electron chi connectivity index (χ3n) is 3.45. The Morgan fingerprint density at radius 2 is 1.60 bits per heavy atom. The number of rotatable bonds is 2. The second-order valence-corrected chi connectivity index (χ2v) is 6.73. The summed E-state index contributed by atoms with van der Waals surface area (Å²) in [6.45, 7) is 6.76. The molecule has 0 N–H and O–H groups in total. The molecule has 0 bridgehead atoms. The molecule has 1 fully saturated rings. The summed E-state index contributed by atoms with van der Waals surface area (Å²) < 4.78 is 11.3. The van der Waals surface area contributed by atoms with Gasteiger partial charge in [0.1, 0.15) is 0 Å². The molecule has 0 unspecified atom stereocenters. The van der Waals surface area contributed by atoms with Crippen LogP contribution in [-0.4, -0.2) is 17.7 Å². The topological polar surface area (TPSA) is 52.6 Å². The Balaban J connectivity index is 2.42. The Morgan fingerprint density at radius 1 is 1.10 bits per heavy atom. The third-order valence-corrected chi connectivity index (χ3v) is 4.15. The highest BCUT2D eigenvalue weighted by Crippen LogP contribution is 2.40. The molecule has 0 aliphatic carbocycles. The van der Waals surface area contributed by atoms with Crippen LogP contribution in [0.1, 0.15) is 33.3 Å². The van der Waals surface area contributed by atoms with E-state index in [9.17, 15) is 9.59 Å². The Kier molecular flexibility index (Phi) is 3.67. The molecular weight excluding hydrogens is 324 g/mol. The maximum Gasteiger partial charge on any atom is 0.324 e. The highest BCUT2D eigenvalue weighted by molar-refractivity contribution is 9.10. The lowest BCUT2D eigenvalue weighted by Crippen LogP contribution is -2.52. The van der Waals surface area contributed by atoms with Crippen LogP contribution in [-0.2, 0) is 24.5 Å². The lowest BCUT2D eigenvalue weighted by Gasteiger charge is -2.39. The molecule has 0 radical (unpaired) electrons. The van der Waals surface area contributed by atoms with E-state index >= 15 is 0 Å². The molecule has 0 aromatic heterocycles. The van der Waals surface area contributed by atoms with E-state index < -0.39 is 29.1 Å². The van der Waals surface area contributed by atoms with Crippen LogP contribution in [0.3, 0.4) is 0 Å². The monoisotopic (exact) mass is 340 g/mol. The van der Waals surface area contributed by atoms with Gasteiger partial charge in [-0.25, -0.2) is 0 Å². The van der Waals surface area contributed by atoms with Gasteiger partial charge < -0.3 is 9.47 Å². The number of ether oxygens (including phenoxy) is 2. The normalized spacial score (nSPS) is 19.4. The van der Waals surface area contributed by atoms with Gasteiger partial charge in [-0.15, -0.1) is 0 Å². The van der Waals surface area contributed by atoms with E-state index in [1.165, 1.54) is 0 Å². The van der Waals surface area contributed by atoms with Crippen molar-refractivity contribution in [2.24, 2.45) is 5.92 Å². The molecular formula is C15H17BrO4. The summed E-state index contributed by atoms with van der Waals surface area (Å²) in [5, 5.41) is 0. The average molecular weight is 341 g/mol. The van der Waals surface area contributed by atoms with Crippen molar-refractivity contribution in [1.82, 2.24) is 0 Å². The maximum atomic E-state index is 12.2. The number of benzene rings is 1. The van der Waals surface area contributed by atoms with Gasteiger partial charge in [-0.1, -0.05) is 48.0 Å². The van der Waals surface area contributed by atoms with Crippen LogP contribution in [0.25, 0.3) is 0 Å². The number of hydrogen-bond acceptors (Lipinski definition) is 4. The van der Waals surface area contributed by atoms with E-state index in [0.717, 1.165) is 10.0 Å². The molecule has 2 rings (SSSR count). The zero-order valence-corrected chi connectivity index (χ0v) is 13.5. The molecule has 1 aromatic rings. The maximum absolute atomic E-state index is 12.2. The summed E-state index contributed by atoms with van der Waals surface area (Å²) >= 11 is 3.46. The summed E-state index contributed by atoms with van der Waals surface area (Å²) in [6.07, 6.45) is 0. The van der Waals surface area contributed by atoms with Gasteiger partial charge in [-0.2, -0.15) is 0 Å². The fourth-order valence-electron chi connectivity index (χ4n) is 2.45. The van der Waals surface area contributed by atoms with Crippen LogP contribution < -0.4 is 0 Å². The molecule has 5 heteroatoms. The number of esters is 2. The smallest absolute Gasteiger partial charge is 0.324 e. The molecule has 0 spiro atoms. The Bertz CT molecular complexity index is 543. The Labute approximate surface area is 126 Å². The fourth-order valence-corrected chi connectivity index (χ4v) is 3.24. The first kappa shape index (κ1) is 15.0. The standard InChI is InChI=1S/C15H17BrO4/c1-14(2,9-7-5-6-8-10(9)16)11-12(17)19-15(3,4)20-13(11)18/h5-8,11H,1-4H3. The van der Waals surface area contributed by atoms with Crippen molar-refractivity contribution in [3.05, 3.63) is 34.3 Å². The highest BCUT2D eigenvalue weighted by Gasteiger charge is 2.51. The molecule has 4 nitrogen and oxygen atoms in total. The number of carbonyl (C=O) groups is 2. The van der Waals surface area contributed by atoms with Crippen molar-refractivity contribution in [1.29, 1.82) is 0 Å². The van der Waals surface area contributed by atoms with Crippen LogP contribution in [0.5, 0.6) is 0 Å². The summed E-state index contributed by atoms with van der Waals surface area (Å²) in [6, 6.07) is 7.50. The van der Waals surface area contributed by atoms with Crippen LogP contribution >= 0.6 is 15.9 Å². The van der Waals surface area contributed by atoms with E-state index in [1.807, 2.05) is 38.1 Å². The largest absolute Gasteiger partial charge is 0.422 e. The van der Waals surface area contributed by atoms with Crippen LogP contribution in [0.2, 0.25) is 0 Å². The SMILES string of the molecule is CC1(C)OC(=O)C(C(C)(C)c2ccccc2Br)C(=O)O1. The van der Waals surface area contributed by atoms with Gasteiger partial charge in [0.05, 0.1) is 0 Å². The quantitative estimate of drug-likeness (QED) is 0.612. The van der Waals surface area contributed by atoms with E-state index in [4.69, 9.17) is 9.47 Å². The van der Waals surface area contributed by atoms with Gasteiger partial charge >= 0.3 is 11.9 Å². The Hall–Kier alpha value is -1.36. The summed E-state index contributed by atoms with van der Waals surface area (Å²) in [7, 11) is 0. The Morgan fingerprint density at radius 3 is 2.10 bits per heavy atom. The minimum atomic E-state index is -1.20. The lowest BCUT2D eigenvalue weighted by molar-refractivity contribution is -0.243. The minimum absolute atomic E-state index is 0.549. The highest BCUT2D eigenvalue weighted by atomic mass is 79.9. The minimum Gasteiger partial charge on any atom is -0.422 e. The lowest BCUT2D eigenvalue weighted by atomic mass is 9.73. The molecule has 1 heterocycles. The number of halogens is 1. The number of carbonyl (C=O) groups excluding carboxylic acids is 2. The average Bonchev–Trinajstić information content (AvgIpc) is 2.25. The number of cyclic esters (lactones) is 2. The van der Waals surface area contributed by atoms with E-state index in [2.05, 4.69) is 15.9 Å². The molecule has 0 amide bonds. The van der Waals surface area contributed by atoms with Crippen molar-refractivity contribution in [2.45, 2.75) is 38.9 Å². The number of hydrogen-bond donors (Lipinski definition) is 0. The summed E-state index contributed by atoms with van der Waals surface area (Å²) in [5.74, 6) is -3.28. The molecule has 1 aliphatic rings. The fraction of sp³-hybridized carbons (Fsp3) is 0.467. The molecule has 1 aromatic carbocycles. The van der Waals surface area contributed by atoms with E-state index in [-0.39, 0.29) is 0 Å². The predicted octanol–water partition coefficient (Wildman–Crippen LogP) is 3.18. The first-order valence-electron chi connectivity index (χ1n) is 6.36. The zero-order valence-electron chi connectivity index (χ0n) is 11.9. The van der Waals surface area contributed by atoms with Gasteiger partial charge in [0.15, 0.2) is 5.92 Å². The van der Waals surface area contributed by atoms with Gasteiger partial charge in [0.2, 0.25) is 0 Å². The first-order chi connectivity index (χ1) is 9.15. The van der Waals surface area contributed by atoms with Crippen molar-refractivity contribution < 1.29 is 19.1 Å². The summed E-state index contributed by atoms with van der Waals surface area (Å²) in [5.41, 5.74) is 0.128. The van der Waals surface area contributed by atoms with Gasteiger partial charge in [-0.3, -0.25) is 9.59 Å². The molecule has 20 heavy (non-hydrogen) atoms. The van der Waals surface area contributed by atoms with E-state index in [0.29, 0.717) is 0 Å². The molecule has 1 aliphatic heterocycles. The van der Waals surface area contributed by atoms with Crippen LogP contribution in [0, 0.1) is 5.92 Å².